The number of hydrogen-bond donors (Lipinski definition) is 3. The van der Waals surface area contributed by atoms with Crippen molar-refractivity contribution in [1.82, 2.24) is 10.3 Å². The van der Waals surface area contributed by atoms with Crippen molar-refractivity contribution in [2.75, 3.05) is 0 Å². The summed E-state index contributed by atoms with van der Waals surface area (Å²) in [4.78, 5) is 15.1. The lowest BCUT2D eigenvalue weighted by Gasteiger charge is -2.17. The second-order valence-corrected chi connectivity index (χ2v) is 8.38. The zero-order chi connectivity index (χ0) is 22.5. The number of para-hydroxylation sites is 1. The van der Waals surface area contributed by atoms with Gasteiger partial charge in [-0.2, -0.15) is 0 Å². The van der Waals surface area contributed by atoms with Crippen LogP contribution in [0.25, 0.3) is 10.9 Å². The molecule has 4 rings (SSSR count). The Bertz CT molecular complexity index is 1220. The van der Waals surface area contributed by atoms with Gasteiger partial charge in [0.15, 0.2) is 0 Å². The van der Waals surface area contributed by atoms with Gasteiger partial charge in [-0.15, -0.1) is 0 Å². The number of aromatic nitrogens is 1. The molecule has 1 heterocycles. The minimum Gasteiger partial charge on any atom is -0.489 e. The van der Waals surface area contributed by atoms with Crippen LogP contribution in [0.2, 0.25) is 10.0 Å². The van der Waals surface area contributed by atoms with Crippen LogP contribution in [-0.4, -0.2) is 22.1 Å². The van der Waals surface area contributed by atoms with Gasteiger partial charge in [0.25, 0.3) is 0 Å². The Hall–Kier alpha value is -2.99. The maximum absolute atomic E-state index is 11.9. The predicted octanol–water partition coefficient (Wildman–Crippen LogP) is 5.84. The fraction of sp³-hybridized carbons (Fsp3) is 0.160. The first-order valence-electron chi connectivity index (χ1n) is 10.2. The molecule has 5 nitrogen and oxygen atoms in total. The van der Waals surface area contributed by atoms with Crippen LogP contribution in [0.4, 0.5) is 0 Å². The van der Waals surface area contributed by atoms with Gasteiger partial charge in [-0.3, -0.25) is 10.1 Å². The molecule has 4 aromatic rings. The average molecular weight is 469 g/mol. The van der Waals surface area contributed by atoms with Crippen LogP contribution in [0.15, 0.2) is 72.9 Å². The number of rotatable bonds is 9. The van der Waals surface area contributed by atoms with Crippen molar-refractivity contribution in [3.63, 3.8) is 0 Å². The van der Waals surface area contributed by atoms with Crippen molar-refractivity contribution in [3.05, 3.63) is 99.7 Å². The van der Waals surface area contributed by atoms with Crippen molar-refractivity contribution in [3.8, 4) is 5.75 Å². The SMILES string of the molecule is O=C(O)[C@@H](Cc1c[nH]c2ccccc12)NCc1cc(Cl)ccc1OCc1ccc(Cl)cc1. The number of benzene rings is 3. The number of carbonyl (C=O) groups is 1. The van der Waals surface area contributed by atoms with E-state index < -0.39 is 12.0 Å². The van der Waals surface area contributed by atoms with E-state index >= 15 is 0 Å². The van der Waals surface area contributed by atoms with Crippen LogP contribution in [0.5, 0.6) is 5.75 Å². The van der Waals surface area contributed by atoms with Crippen molar-refractivity contribution in [2.24, 2.45) is 0 Å². The van der Waals surface area contributed by atoms with Crippen LogP contribution < -0.4 is 10.1 Å². The van der Waals surface area contributed by atoms with E-state index in [9.17, 15) is 9.90 Å². The van der Waals surface area contributed by atoms with E-state index in [1.807, 2.05) is 54.7 Å². The number of carboxylic acids is 1. The first-order chi connectivity index (χ1) is 15.5. The molecule has 3 aromatic carbocycles. The summed E-state index contributed by atoms with van der Waals surface area (Å²) in [6, 6.07) is 19.8. The Morgan fingerprint density at radius 2 is 1.75 bits per heavy atom. The highest BCUT2D eigenvalue weighted by molar-refractivity contribution is 6.30. The molecule has 0 fully saturated rings. The molecule has 0 unspecified atom stereocenters. The summed E-state index contributed by atoms with van der Waals surface area (Å²) in [5.74, 6) is -0.269. The molecule has 0 saturated heterocycles. The highest BCUT2D eigenvalue weighted by atomic mass is 35.5. The van der Waals surface area contributed by atoms with E-state index in [-0.39, 0.29) is 0 Å². The molecular formula is C25H22Cl2N2O3. The fourth-order valence-electron chi connectivity index (χ4n) is 3.57. The van der Waals surface area contributed by atoms with Gasteiger partial charge in [-0.05, 0) is 47.5 Å². The zero-order valence-corrected chi connectivity index (χ0v) is 18.7. The summed E-state index contributed by atoms with van der Waals surface area (Å²) in [5.41, 5.74) is 3.70. The van der Waals surface area contributed by atoms with Crippen molar-refractivity contribution in [1.29, 1.82) is 0 Å². The third kappa shape index (κ3) is 5.43. The van der Waals surface area contributed by atoms with Crippen LogP contribution in [0.3, 0.4) is 0 Å². The predicted molar refractivity (Wildman–Crippen MR) is 128 cm³/mol. The lowest BCUT2D eigenvalue weighted by molar-refractivity contribution is -0.139. The van der Waals surface area contributed by atoms with E-state index in [0.29, 0.717) is 35.4 Å². The fourth-order valence-corrected chi connectivity index (χ4v) is 3.89. The molecule has 0 saturated carbocycles. The molecule has 0 radical (unpaired) electrons. The maximum Gasteiger partial charge on any atom is 0.321 e. The van der Waals surface area contributed by atoms with E-state index in [0.717, 1.165) is 27.6 Å². The number of halogens is 2. The second-order valence-electron chi connectivity index (χ2n) is 7.50. The molecule has 0 aliphatic heterocycles. The molecule has 3 N–H and O–H groups in total. The standard InChI is InChI=1S/C25H22Cl2N2O3/c26-19-7-5-16(6-8-19)15-32-24-10-9-20(27)11-18(24)14-29-23(25(30)31)12-17-13-28-22-4-2-1-3-21(17)22/h1-11,13,23,28-29H,12,14-15H2,(H,30,31)/t23-/m1/s1. The summed E-state index contributed by atoms with van der Waals surface area (Å²) < 4.78 is 5.98. The maximum atomic E-state index is 11.9. The first-order valence-corrected chi connectivity index (χ1v) is 10.9. The Labute approximate surface area is 195 Å². The number of ether oxygens (including phenoxy) is 1. The molecule has 1 atom stereocenters. The lowest BCUT2D eigenvalue weighted by atomic mass is 10.0. The van der Waals surface area contributed by atoms with Crippen LogP contribution in [-0.2, 0) is 24.4 Å². The zero-order valence-electron chi connectivity index (χ0n) is 17.1. The molecule has 0 amide bonds. The molecule has 0 bridgehead atoms. The van der Waals surface area contributed by atoms with Crippen molar-refractivity contribution < 1.29 is 14.6 Å². The number of hydrogen-bond acceptors (Lipinski definition) is 3. The lowest BCUT2D eigenvalue weighted by Crippen LogP contribution is -2.38. The van der Waals surface area contributed by atoms with Gasteiger partial charge in [0, 0.05) is 45.7 Å². The molecule has 0 aliphatic rings. The third-order valence-electron chi connectivity index (χ3n) is 5.27. The quantitative estimate of drug-likeness (QED) is 0.288. The normalized spacial score (nSPS) is 12.1. The van der Waals surface area contributed by atoms with Crippen LogP contribution >= 0.6 is 23.2 Å². The summed E-state index contributed by atoms with van der Waals surface area (Å²) in [7, 11) is 0. The van der Waals surface area contributed by atoms with E-state index in [4.69, 9.17) is 27.9 Å². The van der Waals surface area contributed by atoms with Crippen LogP contribution in [0, 0.1) is 0 Å². The summed E-state index contributed by atoms with van der Waals surface area (Å²) in [6.45, 7) is 0.666. The Morgan fingerprint density at radius 1 is 1.00 bits per heavy atom. The minimum atomic E-state index is -0.916. The largest absolute Gasteiger partial charge is 0.489 e. The highest BCUT2D eigenvalue weighted by Gasteiger charge is 2.20. The summed E-state index contributed by atoms with van der Waals surface area (Å²) in [5, 5.41) is 15.2. The Balaban J connectivity index is 1.46. The number of H-pyrrole nitrogens is 1. The highest BCUT2D eigenvalue weighted by Crippen LogP contribution is 2.25. The van der Waals surface area contributed by atoms with E-state index in [2.05, 4.69) is 10.3 Å². The smallest absolute Gasteiger partial charge is 0.321 e. The molecule has 7 heteroatoms. The van der Waals surface area contributed by atoms with Crippen LogP contribution in [0.1, 0.15) is 16.7 Å². The number of carboxylic acid groups (broad SMARTS) is 1. The Morgan fingerprint density at radius 3 is 2.53 bits per heavy atom. The van der Waals surface area contributed by atoms with Gasteiger partial charge in [-0.25, -0.2) is 0 Å². The van der Waals surface area contributed by atoms with E-state index in [1.54, 1.807) is 18.2 Å². The van der Waals surface area contributed by atoms with Gasteiger partial charge < -0.3 is 14.8 Å². The first kappa shape index (κ1) is 22.2. The minimum absolute atomic E-state index is 0.301. The molecule has 32 heavy (non-hydrogen) atoms. The molecule has 0 spiro atoms. The molecular weight excluding hydrogens is 447 g/mol. The third-order valence-corrected chi connectivity index (χ3v) is 5.75. The molecule has 1 aromatic heterocycles. The summed E-state index contributed by atoms with van der Waals surface area (Å²) in [6.07, 6.45) is 2.21. The van der Waals surface area contributed by atoms with Gasteiger partial charge in [0.2, 0.25) is 0 Å². The van der Waals surface area contributed by atoms with Crippen molar-refractivity contribution in [2.45, 2.75) is 25.6 Å². The number of aromatic amines is 1. The molecule has 164 valence electrons. The van der Waals surface area contributed by atoms with Gasteiger partial charge in [0.05, 0.1) is 0 Å². The number of nitrogens with one attached hydrogen (secondary N) is 2. The number of fused-ring (bicyclic) bond motifs is 1. The van der Waals surface area contributed by atoms with Gasteiger partial charge in [0.1, 0.15) is 18.4 Å². The average Bonchev–Trinajstić information content (AvgIpc) is 3.19. The number of aliphatic carboxylic acids is 1. The summed E-state index contributed by atoms with van der Waals surface area (Å²) >= 11 is 12.1. The van der Waals surface area contributed by atoms with E-state index in [1.165, 1.54) is 0 Å². The van der Waals surface area contributed by atoms with Gasteiger partial charge >= 0.3 is 5.97 Å². The monoisotopic (exact) mass is 468 g/mol. The topological polar surface area (TPSA) is 74.3 Å². The van der Waals surface area contributed by atoms with Gasteiger partial charge in [-0.1, -0.05) is 53.5 Å². The second kappa shape index (κ2) is 10.1. The molecule has 0 aliphatic carbocycles. The Kier molecular flexibility index (Phi) is 7.00. The van der Waals surface area contributed by atoms with Crippen molar-refractivity contribution >= 4 is 40.1 Å².